The first kappa shape index (κ1) is 26.5. The fourth-order valence-electron chi connectivity index (χ4n) is 9.07. The van der Waals surface area contributed by atoms with Crippen LogP contribution in [0.4, 0.5) is 0 Å². The summed E-state index contributed by atoms with van der Waals surface area (Å²) in [5.74, 6) is -1.66. The van der Waals surface area contributed by atoms with E-state index in [1.54, 1.807) is 6.92 Å². The van der Waals surface area contributed by atoms with Gasteiger partial charge in [0.1, 0.15) is 24.4 Å². The van der Waals surface area contributed by atoms with Crippen molar-refractivity contribution < 1.29 is 50.0 Å². The summed E-state index contributed by atoms with van der Waals surface area (Å²) in [5, 5.41) is 73.6. The van der Waals surface area contributed by atoms with Gasteiger partial charge in [-0.25, -0.2) is 0 Å². The van der Waals surface area contributed by atoms with E-state index >= 15 is 0 Å². The molecule has 0 aromatic carbocycles. The van der Waals surface area contributed by atoms with Crippen molar-refractivity contribution >= 4 is 5.97 Å². The molecule has 7 N–H and O–H groups in total. The maximum Gasteiger partial charge on any atom is 0.314 e. The highest BCUT2D eigenvalue weighted by atomic mass is 16.7. The SMILES string of the molecule is C=C1[C@H]2C[C@@]3(CC[C@H]4[C@@](C)(CCC[C@@]4(C)C(=O)O[C@@H]4O[C@H](CO)[C@@H](O)[C@H](O)[C@H]4O)[C@@H]3[C@@H](O)[C@H]2O)[C@@H]1O. The number of fused-ring (bicyclic) bond motifs is 3. The number of aliphatic hydroxyl groups excluding tert-OH is 7. The van der Waals surface area contributed by atoms with Crippen molar-refractivity contribution in [2.24, 2.45) is 34.0 Å². The summed E-state index contributed by atoms with van der Waals surface area (Å²) >= 11 is 0. The van der Waals surface area contributed by atoms with Crippen molar-refractivity contribution in [3.05, 3.63) is 12.2 Å². The largest absolute Gasteiger partial charge is 0.432 e. The zero-order chi connectivity index (χ0) is 26.4. The lowest BCUT2D eigenvalue weighted by molar-refractivity contribution is -0.299. The van der Waals surface area contributed by atoms with Gasteiger partial charge in [0.15, 0.2) is 0 Å². The third-order valence-corrected chi connectivity index (χ3v) is 10.8. The maximum absolute atomic E-state index is 13.7. The summed E-state index contributed by atoms with van der Waals surface area (Å²) in [5.41, 5.74) is -1.64. The Morgan fingerprint density at radius 1 is 1.00 bits per heavy atom. The second kappa shape index (κ2) is 8.71. The van der Waals surface area contributed by atoms with Gasteiger partial charge in [-0.3, -0.25) is 4.79 Å². The molecule has 0 amide bonds. The molecule has 14 atom stereocenters. The zero-order valence-electron chi connectivity index (χ0n) is 20.9. The highest BCUT2D eigenvalue weighted by Crippen LogP contribution is 2.72. The number of esters is 1. The monoisotopic (exact) mass is 512 g/mol. The minimum Gasteiger partial charge on any atom is -0.432 e. The van der Waals surface area contributed by atoms with Gasteiger partial charge in [0.2, 0.25) is 6.29 Å². The molecule has 36 heavy (non-hydrogen) atoms. The molecule has 1 aliphatic heterocycles. The number of rotatable bonds is 3. The molecule has 2 bridgehead atoms. The van der Waals surface area contributed by atoms with Crippen LogP contribution in [-0.2, 0) is 14.3 Å². The summed E-state index contributed by atoms with van der Waals surface area (Å²) in [6, 6.07) is 0. The van der Waals surface area contributed by atoms with Crippen molar-refractivity contribution in [2.75, 3.05) is 6.61 Å². The van der Waals surface area contributed by atoms with Gasteiger partial charge in [-0.15, -0.1) is 0 Å². The first-order chi connectivity index (χ1) is 16.8. The minimum atomic E-state index is -1.69. The van der Waals surface area contributed by atoms with Crippen molar-refractivity contribution in [1.82, 2.24) is 0 Å². The van der Waals surface area contributed by atoms with Gasteiger partial charge >= 0.3 is 5.97 Å². The Labute approximate surface area is 210 Å². The van der Waals surface area contributed by atoms with E-state index in [0.717, 1.165) is 0 Å². The molecular weight excluding hydrogens is 472 g/mol. The van der Waals surface area contributed by atoms with Crippen molar-refractivity contribution in [2.45, 2.75) is 101 Å². The lowest BCUT2D eigenvalue weighted by Crippen LogP contribution is -2.66. The normalized spacial score (nSPS) is 56.6. The Morgan fingerprint density at radius 2 is 1.69 bits per heavy atom. The second-order valence-electron chi connectivity index (χ2n) is 12.5. The Kier molecular flexibility index (Phi) is 6.41. The summed E-state index contributed by atoms with van der Waals surface area (Å²) in [7, 11) is 0. The molecule has 204 valence electrons. The number of ether oxygens (including phenoxy) is 2. The van der Waals surface area contributed by atoms with Crippen LogP contribution in [0.3, 0.4) is 0 Å². The van der Waals surface area contributed by atoms with E-state index in [-0.39, 0.29) is 11.8 Å². The number of hydrogen-bond acceptors (Lipinski definition) is 10. The molecule has 5 fully saturated rings. The first-order valence-corrected chi connectivity index (χ1v) is 13.1. The summed E-state index contributed by atoms with van der Waals surface area (Å²) in [6.07, 6.45) is -6.97. The third kappa shape index (κ3) is 3.35. The van der Waals surface area contributed by atoms with Crippen LogP contribution in [0.2, 0.25) is 0 Å². The molecule has 10 nitrogen and oxygen atoms in total. The van der Waals surface area contributed by atoms with Crippen LogP contribution in [0.15, 0.2) is 12.2 Å². The quantitative estimate of drug-likeness (QED) is 0.187. The molecule has 0 radical (unpaired) electrons. The highest BCUT2D eigenvalue weighted by Gasteiger charge is 2.72. The van der Waals surface area contributed by atoms with E-state index in [9.17, 15) is 40.5 Å². The van der Waals surface area contributed by atoms with Gasteiger partial charge < -0.3 is 45.2 Å². The van der Waals surface area contributed by atoms with Gasteiger partial charge in [0, 0.05) is 17.3 Å². The van der Waals surface area contributed by atoms with E-state index in [4.69, 9.17) is 9.47 Å². The lowest BCUT2D eigenvalue weighted by atomic mass is 9.40. The predicted molar refractivity (Wildman–Crippen MR) is 124 cm³/mol. The number of carbonyl (C=O) groups excluding carboxylic acids is 1. The average molecular weight is 513 g/mol. The van der Waals surface area contributed by atoms with E-state index in [1.807, 2.05) is 6.92 Å². The van der Waals surface area contributed by atoms with Crippen molar-refractivity contribution in [3.8, 4) is 0 Å². The standard InChI is InChI=1S/C26H40O10/c1-11-12-9-26(21(11)33)8-5-14-24(2,20(26)18(31)15(12)28)6-4-7-25(14,3)23(34)36-22-19(32)17(30)16(29)13(10-27)35-22/h12-22,27-33H,1,4-10H2,2-3H3/t12-,13-,14+,15+,16-,17+,18+,19-,20+,21-,22+,24-,25-,26-/m1/s1. The second-order valence-corrected chi connectivity index (χ2v) is 12.5. The van der Waals surface area contributed by atoms with Crippen LogP contribution >= 0.6 is 0 Å². The van der Waals surface area contributed by atoms with Gasteiger partial charge in [-0.05, 0) is 55.9 Å². The van der Waals surface area contributed by atoms with Gasteiger partial charge in [-0.2, -0.15) is 0 Å². The van der Waals surface area contributed by atoms with Gasteiger partial charge in [0.05, 0.1) is 30.3 Å². The smallest absolute Gasteiger partial charge is 0.314 e. The Balaban J connectivity index is 1.44. The van der Waals surface area contributed by atoms with Crippen LogP contribution in [0, 0.1) is 34.0 Å². The lowest BCUT2D eigenvalue weighted by Gasteiger charge is -2.65. The van der Waals surface area contributed by atoms with Crippen LogP contribution in [0.1, 0.15) is 52.4 Å². The predicted octanol–water partition coefficient (Wildman–Crippen LogP) is -0.789. The molecule has 5 rings (SSSR count). The zero-order valence-corrected chi connectivity index (χ0v) is 20.9. The fourth-order valence-corrected chi connectivity index (χ4v) is 9.07. The minimum absolute atomic E-state index is 0.244. The molecule has 1 saturated heterocycles. The summed E-state index contributed by atoms with van der Waals surface area (Å²) in [6.45, 7) is 7.25. The molecular formula is C26H40O10. The van der Waals surface area contributed by atoms with Crippen LogP contribution in [0.25, 0.3) is 0 Å². The molecule has 1 heterocycles. The average Bonchev–Trinajstić information content (AvgIpc) is 3.05. The van der Waals surface area contributed by atoms with Crippen LogP contribution in [0.5, 0.6) is 0 Å². The molecule has 5 aliphatic rings. The van der Waals surface area contributed by atoms with E-state index in [1.165, 1.54) is 0 Å². The van der Waals surface area contributed by atoms with E-state index < -0.39 is 83.8 Å². The highest BCUT2D eigenvalue weighted by molar-refractivity contribution is 5.77. The van der Waals surface area contributed by atoms with Gasteiger partial charge in [-0.1, -0.05) is 19.9 Å². The molecule has 0 unspecified atom stereocenters. The Morgan fingerprint density at radius 3 is 2.36 bits per heavy atom. The summed E-state index contributed by atoms with van der Waals surface area (Å²) in [4.78, 5) is 13.7. The third-order valence-electron chi connectivity index (χ3n) is 10.8. The maximum atomic E-state index is 13.7. The first-order valence-electron chi connectivity index (χ1n) is 13.1. The Hall–Kier alpha value is -1.11. The van der Waals surface area contributed by atoms with Gasteiger partial charge in [0.25, 0.3) is 0 Å². The van der Waals surface area contributed by atoms with Crippen LogP contribution < -0.4 is 0 Å². The van der Waals surface area contributed by atoms with E-state index in [2.05, 4.69) is 6.58 Å². The molecule has 4 saturated carbocycles. The number of carbonyl (C=O) groups is 1. The van der Waals surface area contributed by atoms with Crippen molar-refractivity contribution in [1.29, 1.82) is 0 Å². The molecule has 0 aromatic heterocycles. The topological polar surface area (TPSA) is 177 Å². The fraction of sp³-hybridized carbons (Fsp3) is 0.885. The Bertz CT molecular complexity index is 909. The van der Waals surface area contributed by atoms with E-state index in [0.29, 0.717) is 44.1 Å². The molecule has 10 heteroatoms. The molecule has 1 spiro atoms. The number of aliphatic hydroxyl groups is 7. The molecule has 0 aromatic rings. The number of hydrogen-bond donors (Lipinski definition) is 7. The molecule has 4 aliphatic carbocycles. The van der Waals surface area contributed by atoms with Crippen LogP contribution in [-0.4, -0.2) is 97.3 Å². The van der Waals surface area contributed by atoms with Crippen molar-refractivity contribution in [3.63, 3.8) is 0 Å². The summed E-state index contributed by atoms with van der Waals surface area (Å²) < 4.78 is 11.0.